The lowest BCUT2D eigenvalue weighted by molar-refractivity contribution is -0.147. The summed E-state index contributed by atoms with van der Waals surface area (Å²) in [5.74, 6) is -1.90. The maximum atomic E-state index is 13.8. The molecule has 0 aliphatic carbocycles. The van der Waals surface area contributed by atoms with Crippen LogP contribution in [-0.2, 0) is 12.7 Å². The number of nitrogens with one attached hydrogen (secondary N) is 1. The second-order valence-corrected chi connectivity index (χ2v) is 7.88. The molecule has 0 aliphatic heterocycles. The Morgan fingerprint density at radius 3 is 2.33 bits per heavy atom. The summed E-state index contributed by atoms with van der Waals surface area (Å²) in [5.41, 5.74) is 0.414. The van der Waals surface area contributed by atoms with Gasteiger partial charge in [-0.3, -0.25) is 9.78 Å². The Hall–Kier alpha value is -3.14. The fraction of sp³-hybridized carbons (Fsp3) is 0.136. The summed E-state index contributed by atoms with van der Waals surface area (Å²) in [7, 11) is 0. The summed E-state index contributed by atoms with van der Waals surface area (Å²) < 4.78 is 42.3. The fourth-order valence-electron chi connectivity index (χ4n) is 3.41. The van der Waals surface area contributed by atoms with Crippen molar-refractivity contribution >= 4 is 45.8 Å². The first-order valence-corrected chi connectivity index (χ1v) is 10.3. The molecule has 0 saturated heterocycles. The van der Waals surface area contributed by atoms with Crippen LogP contribution in [0.2, 0.25) is 10.0 Å². The first kappa shape index (κ1) is 23.0. The number of amides is 1. The number of alkyl halides is 3. The Labute approximate surface area is 195 Å². The molecule has 0 saturated carbocycles. The van der Waals surface area contributed by atoms with Crippen LogP contribution in [0, 0.1) is 0 Å². The maximum Gasteiger partial charge on any atom is 0.449 e. The minimum Gasteiger partial charge on any atom is -0.387 e. The van der Waals surface area contributed by atoms with Crippen molar-refractivity contribution < 1.29 is 23.1 Å². The van der Waals surface area contributed by atoms with Gasteiger partial charge in [-0.05, 0) is 42.0 Å². The van der Waals surface area contributed by atoms with Gasteiger partial charge in [-0.25, -0.2) is 4.98 Å². The van der Waals surface area contributed by atoms with Gasteiger partial charge in [-0.1, -0.05) is 35.3 Å². The minimum atomic E-state index is -4.80. The van der Waals surface area contributed by atoms with E-state index >= 15 is 0 Å². The number of rotatable bonds is 5. The second-order valence-electron chi connectivity index (χ2n) is 7.06. The van der Waals surface area contributed by atoms with E-state index in [4.69, 9.17) is 23.2 Å². The van der Waals surface area contributed by atoms with Crippen LogP contribution in [0.4, 0.5) is 18.9 Å². The number of nitrogens with zero attached hydrogens (tertiary/aromatic N) is 3. The van der Waals surface area contributed by atoms with Gasteiger partial charge in [0.1, 0.15) is 5.52 Å². The fourth-order valence-corrected chi connectivity index (χ4v) is 3.98. The summed E-state index contributed by atoms with van der Waals surface area (Å²) in [6.45, 7) is -0.414. The molecule has 1 atom stereocenters. The van der Waals surface area contributed by atoms with Gasteiger partial charge in [0.15, 0.2) is 0 Å². The van der Waals surface area contributed by atoms with Crippen molar-refractivity contribution in [3.8, 4) is 0 Å². The summed E-state index contributed by atoms with van der Waals surface area (Å²) in [5, 5.41) is 13.2. The quantitative estimate of drug-likeness (QED) is 0.370. The monoisotopic (exact) mass is 494 g/mol. The Bertz CT molecular complexity index is 1310. The highest BCUT2D eigenvalue weighted by atomic mass is 35.5. The van der Waals surface area contributed by atoms with E-state index in [1.165, 1.54) is 54.9 Å². The zero-order valence-corrected chi connectivity index (χ0v) is 18.2. The topological polar surface area (TPSA) is 80.0 Å². The number of anilines is 1. The number of imidazole rings is 1. The molecule has 2 heterocycles. The third-order valence-electron chi connectivity index (χ3n) is 4.92. The van der Waals surface area contributed by atoms with E-state index in [0.717, 1.165) is 4.57 Å². The predicted molar refractivity (Wildman–Crippen MR) is 118 cm³/mol. The van der Waals surface area contributed by atoms with Gasteiger partial charge in [0.25, 0.3) is 5.91 Å². The van der Waals surface area contributed by atoms with Crippen LogP contribution < -0.4 is 5.32 Å². The van der Waals surface area contributed by atoms with Gasteiger partial charge < -0.3 is 15.0 Å². The van der Waals surface area contributed by atoms with Gasteiger partial charge in [0.2, 0.25) is 5.82 Å². The maximum absolute atomic E-state index is 13.8. The number of fused-ring (bicyclic) bond motifs is 1. The first-order valence-electron chi connectivity index (χ1n) is 9.56. The van der Waals surface area contributed by atoms with Crippen molar-refractivity contribution in [2.45, 2.75) is 18.8 Å². The highest BCUT2D eigenvalue weighted by Crippen LogP contribution is 2.35. The SMILES string of the molecule is O=C(Nc1cccc2c1nc(C(F)(F)F)n2CC(O)c1ccncc1)c1c(Cl)cccc1Cl. The summed E-state index contributed by atoms with van der Waals surface area (Å²) in [4.78, 5) is 20.4. The number of hydrogen-bond donors (Lipinski definition) is 2. The number of benzene rings is 2. The molecule has 6 nitrogen and oxygen atoms in total. The van der Waals surface area contributed by atoms with Crippen molar-refractivity contribution in [3.63, 3.8) is 0 Å². The van der Waals surface area contributed by atoms with Crippen LogP contribution in [0.15, 0.2) is 60.9 Å². The lowest BCUT2D eigenvalue weighted by Gasteiger charge is -2.16. The van der Waals surface area contributed by atoms with E-state index in [1.807, 2.05) is 0 Å². The molecule has 11 heteroatoms. The van der Waals surface area contributed by atoms with E-state index in [9.17, 15) is 23.1 Å². The number of pyridine rings is 1. The Balaban J connectivity index is 1.77. The van der Waals surface area contributed by atoms with Crippen LogP contribution in [-0.4, -0.2) is 25.5 Å². The Morgan fingerprint density at radius 1 is 1.06 bits per heavy atom. The molecule has 4 aromatic rings. The van der Waals surface area contributed by atoms with Crippen molar-refractivity contribution in [3.05, 3.63) is 87.9 Å². The van der Waals surface area contributed by atoms with E-state index in [-0.39, 0.29) is 32.3 Å². The van der Waals surface area contributed by atoms with Crippen LogP contribution in [0.3, 0.4) is 0 Å². The van der Waals surface area contributed by atoms with E-state index < -0.39 is 30.6 Å². The molecule has 4 rings (SSSR count). The molecule has 2 aromatic carbocycles. The van der Waals surface area contributed by atoms with E-state index in [2.05, 4.69) is 15.3 Å². The molecule has 1 amide bonds. The van der Waals surface area contributed by atoms with Crippen molar-refractivity contribution in [1.29, 1.82) is 0 Å². The number of aliphatic hydroxyl groups is 1. The number of halogens is 5. The number of aromatic nitrogens is 3. The van der Waals surface area contributed by atoms with Crippen LogP contribution in [0.25, 0.3) is 11.0 Å². The van der Waals surface area contributed by atoms with Crippen molar-refractivity contribution in [1.82, 2.24) is 14.5 Å². The molecule has 0 fully saturated rings. The normalized spacial score (nSPS) is 12.7. The van der Waals surface area contributed by atoms with Crippen molar-refractivity contribution in [2.75, 3.05) is 5.32 Å². The Morgan fingerprint density at radius 2 is 1.70 bits per heavy atom. The molecule has 33 heavy (non-hydrogen) atoms. The smallest absolute Gasteiger partial charge is 0.387 e. The summed E-state index contributed by atoms with van der Waals surface area (Å²) >= 11 is 12.1. The minimum absolute atomic E-state index is 0.0126. The molecule has 0 aliphatic rings. The van der Waals surface area contributed by atoms with Gasteiger partial charge >= 0.3 is 6.18 Å². The van der Waals surface area contributed by atoms with Crippen molar-refractivity contribution in [2.24, 2.45) is 0 Å². The molecule has 1 unspecified atom stereocenters. The van der Waals surface area contributed by atoms with Crippen LogP contribution >= 0.6 is 23.2 Å². The predicted octanol–water partition coefficient (Wildman–Crippen LogP) is 5.74. The second kappa shape index (κ2) is 9.01. The largest absolute Gasteiger partial charge is 0.449 e. The molecule has 170 valence electrons. The molecular formula is C22H15Cl2F3N4O2. The number of para-hydroxylation sites is 1. The van der Waals surface area contributed by atoms with Crippen LogP contribution in [0.1, 0.15) is 27.8 Å². The van der Waals surface area contributed by atoms with Gasteiger partial charge in [0.05, 0.1) is 39.5 Å². The Kier molecular flexibility index (Phi) is 6.29. The molecular weight excluding hydrogens is 480 g/mol. The zero-order chi connectivity index (χ0) is 23.8. The third kappa shape index (κ3) is 4.66. The van der Waals surface area contributed by atoms with Gasteiger partial charge in [-0.2, -0.15) is 13.2 Å². The highest BCUT2D eigenvalue weighted by Gasteiger charge is 2.38. The molecule has 0 spiro atoms. The molecule has 2 aromatic heterocycles. The highest BCUT2D eigenvalue weighted by molar-refractivity contribution is 6.40. The zero-order valence-electron chi connectivity index (χ0n) is 16.6. The average molecular weight is 495 g/mol. The summed E-state index contributed by atoms with van der Waals surface area (Å²) in [6.07, 6.45) is -3.18. The van der Waals surface area contributed by atoms with Gasteiger partial charge in [0, 0.05) is 12.4 Å². The lowest BCUT2D eigenvalue weighted by Crippen LogP contribution is -2.18. The third-order valence-corrected chi connectivity index (χ3v) is 5.55. The van der Waals surface area contributed by atoms with Gasteiger partial charge in [-0.15, -0.1) is 0 Å². The number of carbonyl (C=O) groups excluding carboxylic acids is 1. The molecule has 0 bridgehead atoms. The number of aliphatic hydroxyl groups excluding tert-OH is 1. The number of carbonyl (C=O) groups is 1. The van der Waals surface area contributed by atoms with E-state index in [0.29, 0.717) is 5.56 Å². The molecule has 0 radical (unpaired) electrons. The lowest BCUT2D eigenvalue weighted by atomic mass is 10.1. The number of hydrogen-bond acceptors (Lipinski definition) is 4. The first-order chi connectivity index (χ1) is 15.7. The summed E-state index contributed by atoms with van der Waals surface area (Å²) in [6, 6.07) is 11.8. The van der Waals surface area contributed by atoms with E-state index in [1.54, 1.807) is 6.07 Å². The molecule has 2 N–H and O–H groups in total. The van der Waals surface area contributed by atoms with Crippen LogP contribution in [0.5, 0.6) is 0 Å². The standard InChI is InChI=1S/C22H15Cl2F3N4O2/c23-13-3-1-4-14(24)18(13)20(33)29-15-5-2-6-16-19(15)30-21(22(25,26)27)31(16)11-17(32)12-7-9-28-10-8-12/h1-10,17,32H,11H2,(H,29,33). The average Bonchev–Trinajstić information content (AvgIpc) is 3.14.